The van der Waals surface area contributed by atoms with E-state index in [9.17, 15) is 9.18 Å². The highest BCUT2D eigenvalue weighted by molar-refractivity contribution is 5.91. The molecule has 1 aromatic carbocycles. The Morgan fingerprint density at radius 1 is 1.38 bits per heavy atom. The lowest BCUT2D eigenvalue weighted by Crippen LogP contribution is -2.22. The predicted molar refractivity (Wildman–Crippen MR) is 54.1 cm³/mol. The third-order valence-electron chi connectivity index (χ3n) is 2.06. The van der Waals surface area contributed by atoms with Gasteiger partial charge in [0.25, 0.3) is 5.91 Å². The third kappa shape index (κ3) is 2.25. The van der Waals surface area contributed by atoms with Gasteiger partial charge in [0.15, 0.2) is 0 Å². The van der Waals surface area contributed by atoms with Crippen molar-refractivity contribution in [1.82, 2.24) is 10.5 Å². The Morgan fingerprint density at radius 2 is 2.19 bits per heavy atom. The highest BCUT2D eigenvalue weighted by Crippen LogP contribution is 2.06. The van der Waals surface area contributed by atoms with Gasteiger partial charge in [-0.05, 0) is 6.07 Å². The molecule has 0 saturated heterocycles. The van der Waals surface area contributed by atoms with E-state index in [2.05, 4.69) is 15.0 Å². The standard InChI is InChI=1S/C11H9FN2O2/c12-9-4-2-1-3-8(9)7-13-11(15)10-5-6-14-16-10/h1-6H,7H2,(H,13,15). The Bertz CT molecular complexity index is 482. The maximum absolute atomic E-state index is 13.2. The van der Waals surface area contributed by atoms with E-state index >= 15 is 0 Å². The van der Waals surface area contributed by atoms with Gasteiger partial charge in [-0.15, -0.1) is 0 Å². The Hall–Kier alpha value is -2.17. The number of rotatable bonds is 3. The van der Waals surface area contributed by atoms with Crippen LogP contribution in [-0.2, 0) is 6.54 Å². The summed E-state index contributed by atoms with van der Waals surface area (Å²) >= 11 is 0. The van der Waals surface area contributed by atoms with Crippen molar-refractivity contribution in [3.8, 4) is 0 Å². The average Bonchev–Trinajstić information content (AvgIpc) is 2.81. The van der Waals surface area contributed by atoms with Gasteiger partial charge in [0, 0.05) is 18.2 Å². The molecule has 1 amide bonds. The summed E-state index contributed by atoms with van der Waals surface area (Å²) in [5.74, 6) is -0.655. The number of hydrogen-bond donors (Lipinski definition) is 1. The normalized spacial score (nSPS) is 10.1. The molecule has 0 unspecified atom stereocenters. The van der Waals surface area contributed by atoms with E-state index in [1.807, 2.05) is 0 Å². The molecule has 0 spiro atoms. The van der Waals surface area contributed by atoms with Crippen LogP contribution in [0.5, 0.6) is 0 Å². The first-order chi connectivity index (χ1) is 7.77. The van der Waals surface area contributed by atoms with Crippen LogP contribution >= 0.6 is 0 Å². The fraction of sp³-hybridized carbons (Fsp3) is 0.0909. The SMILES string of the molecule is O=C(NCc1ccccc1F)c1ccno1. The van der Waals surface area contributed by atoms with E-state index in [1.54, 1.807) is 18.2 Å². The summed E-state index contributed by atoms with van der Waals surface area (Å²) in [7, 11) is 0. The zero-order chi connectivity index (χ0) is 11.4. The zero-order valence-corrected chi connectivity index (χ0v) is 8.31. The quantitative estimate of drug-likeness (QED) is 0.857. The maximum atomic E-state index is 13.2. The molecule has 0 radical (unpaired) electrons. The number of nitrogens with zero attached hydrogens (tertiary/aromatic N) is 1. The first kappa shape index (κ1) is 10.4. The summed E-state index contributed by atoms with van der Waals surface area (Å²) in [6, 6.07) is 7.69. The molecule has 0 atom stereocenters. The molecule has 2 rings (SSSR count). The van der Waals surface area contributed by atoms with E-state index in [-0.39, 0.29) is 18.1 Å². The number of amides is 1. The van der Waals surface area contributed by atoms with Crippen LogP contribution in [0.3, 0.4) is 0 Å². The van der Waals surface area contributed by atoms with Crippen molar-refractivity contribution in [3.63, 3.8) is 0 Å². The van der Waals surface area contributed by atoms with Crippen molar-refractivity contribution in [2.45, 2.75) is 6.54 Å². The lowest BCUT2D eigenvalue weighted by Gasteiger charge is -2.03. The highest BCUT2D eigenvalue weighted by atomic mass is 19.1. The second-order valence-corrected chi connectivity index (χ2v) is 3.15. The number of benzene rings is 1. The fourth-order valence-electron chi connectivity index (χ4n) is 1.24. The third-order valence-corrected chi connectivity index (χ3v) is 2.06. The molecule has 1 aromatic heterocycles. The molecule has 0 aliphatic heterocycles. The van der Waals surface area contributed by atoms with Crippen LogP contribution < -0.4 is 5.32 Å². The summed E-state index contributed by atoms with van der Waals surface area (Å²) in [4.78, 5) is 11.4. The van der Waals surface area contributed by atoms with Crippen molar-refractivity contribution >= 4 is 5.91 Å². The molecule has 5 heteroatoms. The minimum absolute atomic E-state index is 0.108. The summed E-state index contributed by atoms with van der Waals surface area (Å²) in [5, 5.41) is 5.94. The van der Waals surface area contributed by atoms with Crippen molar-refractivity contribution in [2.24, 2.45) is 0 Å². The molecule has 0 aliphatic carbocycles. The molecule has 0 fully saturated rings. The van der Waals surface area contributed by atoms with Crippen molar-refractivity contribution in [3.05, 3.63) is 53.7 Å². The van der Waals surface area contributed by atoms with Gasteiger partial charge >= 0.3 is 0 Å². The van der Waals surface area contributed by atoms with Crippen LogP contribution in [0, 0.1) is 5.82 Å². The topological polar surface area (TPSA) is 55.1 Å². The van der Waals surface area contributed by atoms with Crippen LogP contribution in [0.2, 0.25) is 0 Å². The van der Waals surface area contributed by atoms with Crippen molar-refractivity contribution < 1.29 is 13.7 Å². The summed E-state index contributed by atoms with van der Waals surface area (Å²) in [6.07, 6.45) is 1.37. The maximum Gasteiger partial charge on any atom is 0.290 e. The Balaban J connectivity index is 1.98. The Morgan fingerprint density at radius 3 is 2.88 bits per heavy atom. The Kier molecular flexibility index (Phi) is 2.95. The summed E-state index contributed by atoms with van der Waals surface area (Å²) in [5.41, 5.74) is 0.426. The van der Waals surface area contributed by atoms with E-state index in [0.29, 0.717) is 5.56 Å². The van der Waals surface area contributed by atoms with E-state index < -0.39 is 5.91 Å². The number of nitrogens with one attached hydrogen (secondary N) is 1. The van der Waals surface area contributed by atoms with Gasteiger partial charge in [-0.2, -0.15) is 0 Å². The van der Waals surface area contributed by atoms with Gasteiger partial charge in [-0.25, -0.2) is 4.39 Å². The number of aromatic nitrogens is 1. The summed E-state index contributed by atoms with van der Waals surface area (Å²) < 4.78 is 17.9. The van der Waals surface area contributed by atoms with Crippen LogP contribution in [-0.4, -0.2) is 11.1 Å². The fourth-order valence-corrected chi connectivity index (χ4v) is 1.24. The summed E-state index contributed by atoms with van der Waals surface area (Å²) in [6.45, 7) is 0.117. The van der Waals surface area contributed by atoms with Gasteiger partial charge < -0.3 is 9.84 Å². The number of carbonyl (C=O) groups excluding carboxylic acids is 1. The van der Waals surface area contributed by atoms with E-state index in [0.717, 1.165) is 0 Å². The minimum atomic E-state index is -0.416. The van der Waals surface area contributed by atoms with Gasteiger partial charge in [-0.1, -0.05) is 23.4 Å². The van der Waals surface area contributed by atoms with E-state index in [1.165, 1.54) is 18.3 Å². The first-order valence-electron chi connectivity index (χ1n) is 4.69. The molecule has 2 aromatic rings. The van der Waals surface area contributed by atoms with E-state index in [4.69, 9.17) is 0 Å². The molecular weight excluding hydrogens is 211 g/mol. The second kappa shape index (κ2) is 4.57. The van der Waals surface area contributed by atoms with Crippen LogP contribution in [0.25, 0.3) is 0 Å². The smallest absolute Gasteiger partial charge is 0.290 e. The molecule has 1 N–H and O–H groups in total. The molecule has 4 nitrogen and oxygen atoms in total. The first-order valence-corrected chi connectivity index (χ1v) is 4.69. The second-order valence-electron chi connectivity index (χ2n) is 3.15. The molecule has 0 saturated carbocycles. The van der Waals surface area contributed by atoms with Gasteiger partial charge in [0.1, 0.15) is 5.82 Å². The van der Waals surface area contributed by atoms with Crippen molar-refractivity contribution in [1.29, 1.82) is 0 Å². The lowest BCUT2D eigenvalue weighted by atomic mass is 10.2. The monoisotopic (exact) mass is 220 g/mol. The Labute approximate surface area is 91.1 Å². The van der Waals surface area contributed by atoms with Gasteiger partial charge in [-0.3, -0.25) is 4.79 Å². The lowest BCUT2D eigenvalue weighted by molar-refractivity contribution is 0.0913. The molecular formula is C11H9FN2O2. The van der Waals surface area contributed by atoms with Gasteiger partial charge in [0.2, 0.25) is 5.76 Å². The van der Waals surface area contributed by atoms with Crippen LogP contribution in [0.4, 0.5) is 4.39 Å². The molecule has 0 aliphatic rings. The largest absolute Gasteiger partial charge is 0.351 e. The zero-order valence-electron chi connectivity index (χ0n) is 8.31. The number of halogens is 1. The average molecular weight is 220 g/mol. The van der Waals surface area contributed by atoms with Crippen LogP contribution in [0.1, 0.15) is 16.1 Å². The number of hydrogen-bond acceptors (Lipinski definition) is 3. The minimum Gasteiger partial charge on any atom is -0.351 e. The molecule has 82 valence electrons. The van der Waals surface area contributed by atoms with Crippen molar-refractivity contribution in [2.75, 3.05) is 0 Å². The molecule has 16 heavy (non-hydrogen) atoms. The van der Waals surface area contributed by atoms with Gasteiger partial charge in [0.05, 0.1) is 6.20 Å². The highest BCUT2D eigenvalue weighted by Gasteiger charge is 2.09. The van der Waals surface area contributed by atoms with Crippen LogP contribution in [0.15, 0.2) is 41.1 Å². The predicted octanol–water partition coefficient (Wildman–Crippen LogP) is 1.74. The molecule has 0 bridgehead atoms. The number of carbonyl (C=O) groups is 1. The molecule has 1 heterocycles.